The van der Waals surface area contributed by atoms with Crippen molar-refractivity contribution >= 4 is 29.8 Å². The number of ether oxygens (including phenoxy) is 4. The van der Waals surface area contributed by atoms with Gasteiger partial charge in [-0.2, -0.15) is 0 Å². The molecular weight excluding hydrogens is 410 g/mol. The van der Waals surface area contributed by atoms with Crippen LogP contribution in [0.4, 0.5) is 0 Å². The molecule has 0 N–H and O–H groups in total. The predicted molar refractivity (Wildman–Crippen MR) is 121 cm³/mol. The summed E-state index contributed by atoms with van der Waals surface area (Å²) in [6, 6.07) is 6.02. The Kier molecular flexibility index (Phi) is 8.16. The van der Waals surface area contributed by atoms with Crippen molar-refractivity contribution in [2.45, 2.75) is 12.1 Å². The lowest BCUT2D eigenvalue weighted by Crippen LogP contribution is -2.43. The fourth-order valence-corrected chi connectivity index (χ4v) is 4.32. The molecule has 1 heterocycles. The minimum Gasteiger partial charge on any atom is -0.493 e. The first-order valence-corrected chi connectivity index (χ1v) is 9.91. The number of hydrogen-bond donors (Lipinski definition) is 0. The maximum atomic E-state index is 6.21. The van der Waals surface area contributed by atoms with Gasteiger partial charge in [-0.05, 0) is 54.9 Å². The van der Waals surface area contributed by atoms with Crippen molar-refractivity contribution < 1.29 is 18.9 Å². The topological polar surface area (TPSA) is 40.2 Å². The second-order valence-electron chi connectivity index (χ2n) is 6.76. The number of fused-ring (bicyclic) bond motifs is 1. The Hall–Kier alpha value is -1.99. The van der Waals surface area contributed by atoms with E-state index in [1.807, 2.05) is 12.1 Å². The quantitative estimate of drug-likeness (QED) is 0.595. The van der Waals surface area contributed by atoms with Crippen LogP contribution in [0.3, 0.4) is 0 Å². The van der Waals surface area contributed by atoms with Gasteiger partial charge in [-0.25, -0.2) is 0 Å². The molecule has 5 nitrogen and oxygen atoms in total. The fraction of sp³-hybridized carbons (Fsp3) is 0.364. The van der Waals surface area contributed by atoms with E-state index in [0.29, 0.717) is 30.5 Å². The van der Waals surface area contributed by atoms with E-state index in [1.165, 1.54) is 10.4 Å². The number of benzene rings is 1. The van der Waals surface area contributed by atoms with Crippen LogP contribution in [0.15, 0.2) is 41.8 Å². The Bertz CT molecular complexity index is 852. The number of halogens is 1. The Morgan fingerprint density at radius 1 is 1.00 bits per heavy atom. The highest BCUT2D eigenvalue weighted by molar-refractivity contribution is 7.11. The molecular formula is C22H28ClNO4S. The molecule has 2 aromatic rings. The first kappa shape index (κ1) is 23.3. The van der Waals surface area contributed by atoms with Crippen molar-refractivity contribution in [3.8, 4) is 17.2 Å². The monoisotopic (exact) mass is 437 g/mol. The van der Waals surface area contributed by atoms with Gasteiger partial charge < -0.3 is 18.9 Å². The number of rotatable bonds is 8. The summed E-state index contributed by atoms with van der Waals surface area (Å²) in [4.78, 5) is 3.46. The van der Waals surface area contributed by atoms with Crippen LogP contribution in [0.25, 0.3) is 6.08 Å². The summed E-state index contributed by atoms with van der Waals surface area (Å²) >= 11 is 1.75. The Morgan fingerprint density at radius 3 is 2.28 bits per heavy atom. The van der Waals surface area contributed by atoms with Crippen LogP contribution in [0.1, 0.15) is 16.0 Å². The van der Waals surface area contributed by atoms with Crippen molar-refractivity contribution in [3.05, 3.63) is 57.8 Å². The third-order valence-electron chi connectivity index (χ3n) is 5.01. The van der Waals surface area contributed by atoms with Gasteiger partial charge >= 0.3 is 0 Å². The Labute approximate surface area is 182 Å². The highest BCUT2D eigenvalue weighted by Gasteiger charge is 2.35. The van der Waals surface area contributed by atoms with Gasteiger partial charge in [0.2, 0.25) is 5.75 Å². The van der Waals surface area contributed by atoms with E-state index in [-0.39, 0.29) is 17.9 Å². The van der Waals surface area contributed by atoms with E-state index in [4.69, 9.17) is 18.9 Å². The molecule has 1 aromatic carbocycles. The number of methoxy groups -OCH3 is 3. The van der Waals surface area contributed by atoms with E-state index >= 15 is 0 Å². The van der Waals surface area contributed by atoms with E-state index in [1.54, 1.807) is 32.7 Å². The fourth-order valence-electron chi connectivity index (χ4n) is 3.44. The van der Waals surface area contributed by atoms with Crippen LogP contribution in [0, 0.1) is 0 Å². The number of likely N-dealkylation sites (N-methyl/N-ethyl adjacent to an activating group) is 1. The lowest BCUT2D eigenvalue weighted by Gasteiger charge is -2.37. The van der Waals surface area contributed by atoms with Crippen molar-refractivity contribution in [2.24, 2.45) is 0 Å². The molecule has 0 radical (unpaired) electrons. The second-order valence-corrected chi connectivity index (χ2v) is 7.71. The van der Waals surface area contributed by atoms with Crippen LogP contribution in [0.2, 0.25) is 0 Å². The molecule has 7 heteroatoms. The zero-order chi connectivity index (χ0) is 20.1. The summed E-state index contributed by atoms with van der Waals surface area (Å²) < 4.78 is 22.5. The lowest BCUT2D eigenvalue weighted by molar-refractivity contribution is 0.0312. The summed E-state index contributed by atoms with van der Waals surface area (Å²) in [7, 11) is 9.00. The van der Waals surface area contributed by atoms with Crippen LogP contribution in [-0.4, -0.2) is 46.9 Å². The first-order chi connectivity index (χ1) is 13.6. The smallest absolute Gasteiger partial charge is 0.203 e. The molecule has 0 aliphatic heterocycles. The third kappa shape index (κ3) is 4.61. The van der Waals surface area contributed by atoms with Gasteiger partial charge in [0.1, 0.15) is 0 Å². The van der Waals surface area contributed by atoms with Crippen LogP contribution in [0.5, 0.6) is 17.2 Å². The summed E-state index contributed by atoms with van der Waals surface area (Å²) in [6.45, 7) is 0.964. The standard InChI is InChI=1S/C22H27NO4S.ClH/c1-23(2)22(10-7-6-8-20-17(22)9-11-28-20)15-27-14-16-12-18(24-3)21(26-5)19(13-16)25-4;/h6-13H,14-15H2,1-5H3;1H. The highest BCUT2D eigenvalue weighted by atomic mass is 35.5. The zero-order valence-corrected chi connectivity index (χ0v) is 19.1. The van der Waals surface area contributed by atoms with Gasteiger partial charge in [0.15, 0.2) is 11.5 Å². The van der Waals surface area contributed by atoms with E-state index < -0.39 is 0 Å². The average Bonchev–Trinajstić information content (AvgIpc) is 3.10. The van der Waals surface area contributed by atoms with Crippen molar-refractivity contribution in [3.63, 3.8) is 0 Å². The molecule has 3 rings (SSSR count). The molecule has 29 heavy (non-hydrogen) atoms. The molecule has 0 saturated heterocycles. The van der Waals surface area contributed by atoms with Crippen LogP contribution < -0.4 is 14.2 Å². The lowest BCUT2D eigenvalue weighted by atomic mass is 9.90. The maximum absolute atomic E-state index is 6.21. The summed E-state index contributed by atoms with van der Waals surface area (Å²) in [5, 5.41) is 2.13. The molecule has 1 unspecified atom stereocenters. The number of thiophene rings is 1. The van der Waals surface area contributed by atoms with Crippen LogP contribution in [-0.2, 0) is 16.9 Å². The minimum absolute atomic E-state index is 0. The van der Waals surface area contributed by atoms with E-state index in [0.717, 1.165) is 5.56 Å². The third-order valence-corrected chi connectivity index (χ3v) is 5.89. The van der Waals surface area contributed by atoms with E-state index in [2.05, 4.69) is 54.7 Å². The van der Waals surface area contributed by atoms with Crippen molar-refractivity contribution in [1.82, 2.24) is 4.90 Å². The Morgan fingerprint density at radius 2 is 1.69 bits per heavy atom. The average molecular weight is 438 g/mol. The molecule has 0 amide bonds. The SMILES string of the molecule is COc1cc(COCC2(N(C)C)C=CC=Cc3sccc32)cc(OC)c1OC.Cl. The number of hydrogen-bond acceptors (Lipinski definition) is 6. The molecule has 1 aliphatic rings. The molecule has 0 fully saturated rings. The molecule has 0 bridgehead atoms. The largest absolute Gasteiger partial charge is 0.493 e. The molecule has 158 valence electrons. The van der Waals surface area contributed by atoms with Crippen LogP contribution >= 0.6 is 23.7 Å². The Balaban J connectivity index is 0.00000300. The first-order valence-electron chi connectivity index (χ1n) is 9.03. The van der Waals surface area contributed by atoms with Crippen molar-refractivity contribution in [1.29, 1.82) is 0 Å². The molecule has 1 aliphatic carbocycles. The minimum atomic E-state index is -0.320. The van der Waals surface area contributed by atoms with Gasteiger partial charge in [-0.15, -0.1) is 23.7 Å². The molecule has 0 spiro atoms. The normalized spacial score (nSPS) is 17.4. The van der Waals surface area contributed by atoms with Gasteiger partial charge in [-0.3, -0.25) is 4.90 Å². The molecule has 1 aromatic heterocycles. The highest BCUT2D eigenvalue weighted by Crippen LogP contribution is 2.39. The zero-order valence-electron chi connectivity index (χ0n) is 17.4. The van der Waals surface area contributed by atoms with Gasteiger partial charge in [0.05, 0.1) is 40.1 Å². The summed E-state index contributed by atoms with van der Waals surface area (Å²) in [5.74, 6) is 1.84. The summed E-state index contributed by atoms with van der Waals surface area (Å²) in [5.41, 5.74) is 1.90. The van der Waals surface area contributed by atoms with E-state index in [9.17, 15) is 0 Å². The summed E-state index contributed by atoms with van der Waals surface area (Å²) in [6.07, 6.45) is 8.54. The molecule has 1 atom stereocenters. The van der Waals surface area contributed by atoms with Gasteiger partial charge in [0.25, 0.3) is 0 Å². The van der Waals surface area contributed by atoms with Gasteiger partial charge in [0, 0.05) is 4.88 Å². The second kappa shape index (κ2) is 10.2. The van der Waals surface area contributed by atoms with Gasteiger partial charge in [-0.1, -0.05) is 18.2 Å². The van der Waals surface area contributed by atoms with Crippen molar-refractivity contribution in [2.75, 3.05) is 42.0 Å². The maximum Gasteiger partial charge on any atom is 0.203 e. The molecule has 0 saturated carbocycles. The predicted octanol–water partition coefficient (Wildman–Crippen LogP) is 4.75. The number of allylic oxidation sites excluding steroid dienone is 2. The number of nitrogens with zero attached hydrogens (tertiary/aromatic N) is 1.